The first-order valence-electron chi connectivity index (χ1n) is 5.60. The molecule has 2 aromatic carbocycles. The van der Waals surface area contributed by atoms with Gasteiger partial charge in [0, 0.05) is 4.86 Å². The third-order valence-corrected chi connectivity index (χ3v) is 2.99. The molecule has 0 amide bonds. The van der Waals surface area contributed by atoms with Crippen LogP contribution in [-0.4, -0.2) is 4.86 Å². The van der Waals surface area contributed by atoms with Crippen LogP contribution in [0.5, 0.6) is 0 Å². The van der Waals surface area contributed by atoms with Crippen molar-refractivity contribution in [1.82, 2.24) is 0 Å². The van der Waals surface area contributed by atoms with Gasteiger partial charge in [0.15, 0.2) is 0 Å². The van der Waals surface area contributed by atoms with Gasteiger partial charge in [0.2, 0.25) is 0 Å². The number of hydrogen-bond acceptors (Lipinski definition) is 1. The molecule has 0 aliphatic carbocycles. The van der Waals surface area contributed by atoms with Crippen molar-refractivity contribution in [3.05, 3.63) is 77.4 Å². The molecule has 0 aromatic heterocycles. The maximum absolute atomic E-state index is 5.42. The molecular weight excluding hydrogens is 224 g/mol. The van der Waals surface area contributed by atoms with Crippen molar-refractivity contribution in [3.63, 3.8) is 0 Å². The van der Waals surface area contributed by atoms with E-state index in [1.54, 1.807) is 0 Å². The lowest BCUT2D eigenvalue weighted by Crippen LogP contribution is -1.95. The molecule has 0 atom stereocenters. The molecule has 0 heterocycles. The van der Waals surface area contributed by atoms with E-state index in [-0.39, 0.29) is 0 Å². The fraction of sp³-hybridized carbons (Fsp3) is 0.0625. The molecule has 0 aliphatic rings. The molecule has 0 radical (unpaired) electrons. The second kappa shape index (κ2) is 5.55. The highest BCUT2D eigenvalue weighted by Gasteiger charge is 1.99. The van der Waals surface area contributed by atoms with Gasteiger partial charge in [-0.1, -0.05) is 72.9 Å². The van der Waals surface area contributed by atoms with E-state index in [1.165, 1.54) is 11.1 Å². The topological polar surface area (TPSA) is 0 Å². The van der Waals surface area contributed by atoms with E-state index in [0.717, 1.165) is 10.4 Å². The van der Waals surface area contributed by atoms with Gasteiger partial charge >= 0.3 is 0 Å². The minimum Gasteiger partial charge on any atom is -0.0794 e. The summed E-state index contributed by atoms with van der Waals surface area (Å²) in [5.41, 5.74) is 3.52. The van der Waals surface area contributed by atoms with E-state index in [9.17, 15) is 0 Å². The first-order chi connectivity index (χ1) is 8.27. The van der Waals surface area contributed by atoms with E-state index < -0.39 is 0 Å². The molecule has 2 rings (SSSR count). The monoisotopic (exact) mass is 238 g/mol. The van der Waals surface area contributed by atoms with Crippen LogP contribution in [0.3, 0.4) is 0 Å². The summed E-state index contributed by atoms with van der Waals surface area (Å²) in [6.07, 6.45) is 4.04. The Morgan fingerprint density at radius 1 is 0.941 bits per heavy atom. The number of aryl methyl sites for hydroxylation is 1. The molecule has 0 bridgehead atoms. The second-order valence-corrected chi connectivity index (χ2v) is 4.36. The molecule has 1 heteroatoms. The summed E-state index contributed by atoms with van der Waals surface area (Å²) in [6.45, 7) is 2.08. The van der Waals surface area contributed by atoms with Gasteiger partial charge in [-0.3, -0.25) is 0 Å². The predicted octanol–water partition coefficient (Wildman–Crippen LogP) is 4.43. The smallest absolute Gasteiger partial charge is 0.0452 e. The van der Waals surface area contributed by atoms with Gasteiger partial charge in [-0.25, -0.2) is 0 Å². The van der Waals surface area contributed by atoms with Crippen LogP contribution >= 0.6 is 12.2 Å². The lowest BCUT2D eigenvalue weighted by Gasteiger charge is -2.02. The first kappa shape index (κ1) is 11.7. The maximum atomic E-state index is 5.42. The van der Waals surface area contributed by atoms with Crippen LogP contribution in [0.25, 0.3) is 6.08 Å². The average molecular weight is 238 g/mol. The summed E-state index contributed by atoms with van der Waals surface area (Å²) >= 11 is 5.42. The Morgan fingerprint density at radius 3 is 2.29 bits per heavy atom. The highest BCUT2D eigenvalue weighted by atomic mass is 32.1. The Balaban J connectivity index is 2.18. The molecule has 2 aromatic rings. The van der Waals surface area contributed by atoms with Gasteiger partial charge in [0.25, 0.3) is 0 Å². The van der Waals surface area contributed by atoms with Crippen molar-refractivity contribution >= 4 is 23.2 Å². The predicted molar refractivity (Wildman–Crippen MR) is 78.4 cm³/mol. The Morgan fingerprint density at radius 2 is 1.59 bits per heavy atom. The van der Waals surface area contributed by atoms with Gasteiger partial charge < -0.3 is 0 Å². The zero-order valence-corrected chi connectivity index (χ0v) is 10.6. The number of hydrogen-bond donors (Lipinski definition) is 0. The summed E-state index contributed by atoms with van der Waals surface area (Å²) < 4.78 is 0. The number of rotatable bonds is 3. The van der Waals surface area contributed by atoms with Crippen LogP contribution in [0.15, 0.2) is 60.7 Å². The van der Waals surface area contributed by atoms with Gasteiger partial charge in [-0.05, 0) is 29.7 Å². The molecule has 0 N–H and O–H groups in total. The summed E-state index contributed by atoms with van der Waals surface area (Å²) in [6, 6.07) is 18.4. The lowest BCUT2D eigenvalue weighted by atomic mass is 10.0. The van der Waals surface area contributed by atoms with Crippen LogP contribution in [0, 0.1) is 6.92 Å². The fourth-order valence-electron chi connectivity index (χ4n) is 1.68. The molecule has 0 saturated heterocycles. The van der Waals surface area contributed by atoms with Crippen LogP contribution in [0.1, 0.15) is 16.7 Å². The number of allylic oxidation sites excluding steroid dienone is 1. The van der Waals surface area contributed by atoms with Gasteiger partial charge in [-0.15, -0.1) is 0 Å². The minimum atomic E-state index is 0.881. The molecule has 84 valence electrons. The number of thiocarbonyl (C=S) groups is 1. The van der Waals surface area contributed by atoms with E-state index in [2.05, 4.69) is 37.3 Å². The van der Waals surface area contributed by atoms with Crippen LogP contribution < -0.4 is 0 Å². The summed E-state index contributed by atoms with van der Waals surface area (Å²) in [5.74, 6) is 0. The van der Waals surface area contributed by atoms with Gasteiger partial charge in [-0.2, -0.15) is 0 Å². The summed E-state index contributed by atoms with van der Waals surface area (Å²) in [5, 5.41) is 0. The maximum Gasteiger partial charge on any atom is 0.0452 e. The number of benzene rings is 2. The summed E-state index contributed by atoms with van der Waals surface area (Å²) in [4.78, 5) is 0.881. The SMILES string of the molecule is Cc1ccccc1C(=S)C=Cc1ccccc1. The Labute approximate surface area is 108 Å². The third kappa shape index (κ3) is 3.11. The molecular formula is C16H14S. The Hall–Kier alpha value is -1.73. The van der Waals surface area contributed by atoms with Gasteiger partial charge in [0.05, 0.1) is 0 Å². The lowest BCUT2D eigenvalue weighted by molar-refractivity contribution is 1.45. The van der Waals surface area contributed by atoms with Crippen molar-refractivity contribution in [2.24, 2.45) is 0 Å². The van der Waals surface area contributed by atoms with E-state index >= 15 is 0 Å². The minimum absolute atomic E-state index is 0.881. The second-order valence-electron chi connectivity index (χ2n) is 3.92. The highest BCUT2D eigenvalue weighted by molar-refractivity contribution is 7.81. The van der Waals surface area contributed by atoms with E-state index in [0.29, 0.717) is 0 Å². The van der Waals surface area contributed by atoms with Crippen LogP contribution in [0.2, 0.25) is 0 Å². The van der Waals surface area contributed by atoms with Crippen molar-refractivity contribution < 1.29 is 0 Å². The standard InChI is InChI=1S/C16H14S/c1-13-7-5-6-10-15(13)16(17)12-11-14-8-3-2-4-9-14/h2-12H,1H3. The Bertz CT molecular complexity index is 538. The summed E-state index contributed by atoms with van der Waals surface area (Å²) in [7, 11) is 0. The highest BCUT2D eigenvalue weighted by Crippen LogP contribution is 2.11. The molecule has 0 fully saturated rings. The molecule has 0 aliphatic heterocycles. The van der Waals surface area contributed by atoms with Crippen molar-refractivity contribution in [2.75, 3.05) is 0 Å². The normalized spacial score (nSPS) is 10.6. The van der Waals surface area contributed by atoms with E-state index in [1.807, 2.05) is 36.4 Å². The Kier molecular flexibility index (Phi) is 3.84. The van der Waals surface area contributed by atoms with Crippen molar-refractivity contribution in [2.45, 2.75) is 6.92 Å². The largest absolute Gasteiger partial charge is 0.0794 e. The molecule has 17 heavy (non-hydrogen) atoms. The van der Waals surface area contributed by atoms with Crippen LogP contribution in [-0.2, 0) is 0 Å². The van der Waals surface area contributed by atoms with Crippen LogP contribution in [0.4, 0.5) is 0 Å². The van der Waals surface area contributed by atoms with Gasteiger partial charge in [0.1, 0.15) is 0 Å². The zero-order valence-electron chi connectivity index (χ0n) is 9.76. The molecule has 0 spiro atoms. The van der Waals surface area contributed by atoms with E-state index in [4.69, 9.17) is 12.2 Å². The average Bonchev–Trinajstić information content (AvgIpc) is 2.38. The zero-order chi connectivity index (χ0) is 12.1. The third-order valence-electron chi connectivity index (χ3n) is 2.64. The molecule has 0 saturated carbocycles. The molecule has 0 unspecified atom stereocenters. The van der Waals surface area contributed by atoms with Crippen molar-refractivity contribution in [3.8, 4) is 0 Å². The molecule has 0 nitrogen and oxygen atoms in total. The van der Waals surface area contributed by atoms with Crippen molar-refractivity contribution in [1.29, 1.82) is 0 Å². The first-order valence-corrected chi connectivity index (χ1v) is 6.01. The quantitative estimate of drug-likeness (QED) is 0.433. The fourth-order valence-corrected chi connectivity index (χ4v) is 1.97.